The normalized spacial score (nSPS) is 12.8. The third-order valence-corrected chi connectivity index (χ3v) is 2.86. The van der Waals surface area contributed by atoms with Crippen LogP contribution in [0.1, 0.15) is 17.2 Å². The Bertz CT molecular complexity index is 577. The molecular formula is C15H13F3O3. The zero-order valence-electron chi connectivity index (χ0n) is 11.1. The predicted molar refractivity (Wildman–Crippen MR) is 70.2 cm³/mol. The Kier molecular flexibility index (Phi) is 4.37. The summed E-state index contributed by atoms with van der Waals surface area (Å²) in [6.07, 6.45) is -5.66. The van der Waals surface area contributed by atoms with Gasteiger partial charge in [0.1, 0.15) is 17.6 Å². The number of aliphatic hydroxyl groups excluding tert-OH is 1. The highest BCUT2D eigenvalue weighted by molar-refractivity contribution is 5.36. The van der Waals surface area contributed by atoms with Crippen LogP contribution in [-0.4, -0.2) is 18.6 Å². The average Bonchev–Trinajstić information content (AvgIpc) is 2.46. The minimum absolute atomic E-state index is 0.326. The topological polar surface area (TPSA) is 38.7 Å². The van der Waals surface area contributed by atoms with Crippen LogP contribution in [0.15, 0.2) is 48.5 Å². The second kappa shape index (κ2) is 6.05. The van der Waals surface area contributed by atoms with Gasteiger partial charge in [-0.3, -0.25) is 0 Å². The van der Waals surface area contributed by atoms with Gasteiger partial charge in [-0.25, -0.2) is 0 Å². The molecule has 0 bridgehead atoms. The first-order valence-corrected chi connectivity index (χ1v) is 6.07. The van der Waals surface area contributed by atoms with Gasteiger partial charge >= 0.3 is 6.36 Å². The van der Waals surface area contributed by atoms with Crippen molar-refractivity contribution in [1.29, 1.82) is 0 Å². The van der Waals surface area contributed by atoms with Crippen LogP contribution < -0.4 is 9.47 Å². The zero-order valence-corrected chi connectivity index (χ0v) is 11.1. The first-order chi connectivity index (χ1) is 9.89. The molecule has 0 aliphatic rings. The fourth-order valence-electron chi connectivity index (χ4n) is 1.83. The fraction of sp³-hybridized carbons (Fsp3) is 0.200. The summed E-state index contributed by atoms with van der Waals surface area (Å²) in [5.41, 5.74) is 1.08. The summed E-state index contributed by atoms with van der Waals surface area (Å²) >= 11 is 0. The minimum atomic E-state index is -4.73. The summed E-state index contributed by atoms with van der Waals surface area (Å²) in [6.45, 7) is 0. The highest BCUT2D eigenvalue weighted by Gasteiger charge is 2.31. The number of ether oxygens (including phenoxy) is 2. The average molecular weight is 298 g/mol. The monoisotopic (exact) mass is 298 g/mol. The van der Waals surface area contributed by atoms with Gasteiger partial charge in [0.15, 0.2) is 0 Å². The first-order valence-electron chi connectivity index (χ1n) is 6.07. The zero-order chi connectivity index (χ0) is 15.5. The van der Waals surface area contributed by atoms with E-state index in [2.05, 4.69) is 4.74 Å². The van der Waals surface area contributed by atoms with E-state index < -0.39 is 12.5 Å². The molecule has 0 saturated heterocycles. The highest BCUT2D eigenvalue weighted by atomic mass is 19.4. The molecule has 0 aliphatic heterocycles. The maximum absolute atomic E-state index is 12.1. The third-order valence-electron chi connectivity index (χ3n) is 2.86. The molecule has 0 spiro atoms. The summed E-state index contributed by atoms with van der Waals surface area (Å²) < 4.78 is 44.9. The largest absolute Gasteiger partial charge is 0.573 e. The van der Waals surface area contributed by atoms with E-state index in [-0.39, 0.29) is 5.75 Å². The maximum atomic E-state index is 12.1. The SMILES string of the molecule is COc1ccc(C(O)c2ccc(OC(F)(F)F)cc2)cc1. The molecule has 2 rings (SSSR count). The smallest absolute Gasteiger partial charge is 0.497 e. The molecular weight excluding hydrogens is 285 g/mol. The van der Waals surface area contributed by atoms with Crippen LogP contribution in [0.3, 0.4) is 0 Å². The number of rotatable bonds is 4. The van der Waals surface area contributed by atoms with Gasteiger partial charge in [-0.2, -0.15) is 0 Å². The summed E-state index contributed by atoms with van der Waals surface area (Å²) in [6, 6.07) is 11.9. The van der Waals surface area contributed by atoms with Crippen LogP contribution in [-0.2, 0) is 0 Å². The number of hydrogen-bond acceptors (Lipinski definition) is 3. The van der Waals surface area contributed by atoms with Crippen LogP contribution in [0, 0.1) is 0 Å². The lowest BCUT2D eigenvalue weighted by Crippen LogP contribution is -2.17. The Labute approximate surface area is 119 Å². The predicted octanol–water partition coefficient (Wildman–Crippen LogP) is 3.68. The van der Waals surface area contributed by atoms with Crippen molar-refractivity contribution in [3.05, 3.63) is 59.7 Å². The lowest BCUT2D eigenvalue weighted by Gasteiger charge is -2.13. The maximum Gasteiger partial charge on any atom is 0.573 e. The minimum Gasteiger partial charge on any atom is -0.497 e. The molecule has 1 unspecified atom stereocenters. The summed E-state index contributed by atoms with van der Waals surface area (Å²) in [5.74, 6) is 0.327. The van der Waals surface area contributed by atoms with Gasteiger partial charge < -0.3 is 14.6 Å². The number of alkyl halides is 3. The highest BCUT2D eigenvalue weighted by Crippen LogP contribution is 2.27. The number of aliphatic hydroxyl groups is 1. The number of benzene rings is 2. The number of halogens is 3. The van der Waals surface area contributed by atoms with Crippen molar-refractivity contribution in [2.24, 2.45) is 0 Å². The van der Waals surface area contributed by atoms with Crippen molar-refractivity contribution in [1.82, 2.24) is 0 Å². The van der Waals surface area contributed by atoms with Gasteiger partial charge in [0.25, 0.3) is 0 Å². The van der Waals surface area contributed by atoms with E-state index in [1.807, 2.05) is 0 Å². The molecule has 1 atom stereocenters. The van der Waals surface area contributed by atoms with E-state index in [1.165, 1.54) is 19.2 Å². The summed E-state index contributed by atoms with van der Waals surface area (Å²) in [7, 11) is 1.53. The van der Waals surface area contributed by atoms with Crippen LogP contribution in [0.5, 0.6) is 11.5 Å². The van der Waals surface area contributed by atoms with E-state index >= 15 is 0 Å². The van der Waals surface area contributed by atoms with Gasteiger partial charge in [-0.1, -0.05) is 24.3 Å². The van der Waals surface area contributed by atoms with Crippen molar-refractivity contribution in [3.63, 3.8) is 0 Å². The van der Waals surface area contributed by atoms with Gasteiger partial charge in [0, 0.05) is 0 Å². The first kappa shape index (κ1) is 15.2. The molecule has 0 saturated carbocycles. The molecule has 0 aromatic heterocycles. The van der Waals surface area contributed by atoms with Gasteiger partial charge in [-0.15, -0.1) is 13.2 Å². The molecule has 1 N–H and O–H groups in total. The van der Waals surface area contributed by atoms with Crippen molar-refractivity contribution in [3.8, 4) is 11.5 Å². The van der Waals surface area contributed by atoms with Gasteiger partial charge in [-0.05, 0) is 35.4 Å². The molecule has 2 aromatic rings. The lowest BCUT2D eigenvalue weighted by atomic mass is 10.0. The van der Waals surface area contributed by atoms with Crippen molar-refractivity contribution in [2.75, 3.05) is 7.11 Å². The van der Waals surface area contributed by atoms with Crippen LogP contribution in [0.2, 0.25) is 0 Å². The van der Waals surface area contributed by atoms with Crippen LogP contribution in [0.4, 0.5) is 13.2 Å². The molecule has 0 radical (unpaired) electrons. The van der Waals surface area contributed by atoms with Gasteiger partial charge in [0.2, 0.25) is 0 Å². The van der Waals surface area contributed by atoms with Crippen molar-refractivity contribution < 1.29 is 27.8 Å². The molecule has 6 heteroatoms. The van der Waals surface area contributed by atoms with Crippen LogP contribution in [0.25, 0.3) is 0 Å². The number of methoxy groups -OCH3 is 1. The third kappa shape index (κ3) is 4.13. The molecule has 21 heavy (non-hydrogen) atoms. The molecule has 3 nitrogen and oxygen atoms in total. The van der Waals surface area contributed by atoms with E-state index in [9.17, 15) is 18.3 Å². The van der Waals surface area contributed by atoms with E-state index in [1.54, 1.807) is 24.3 Å². The molecule has 0 fully saturated rings. The fourth-order valence-corrected chi connectivity index (χ4v) is 1.83. The van der Waals surface area contributed by atoms with Crippen molar-refractivity contribution in [2.45, 2.75) is 12.5 Å². The summed E-state index contributed by atoms with van der Waals surface area (Å²) in [4.78, 5) is 0. The van der Waals surface area contributed by atoms with Gasteiger partial charge in [0.05, 0.1) is 7.11 Å². The Hall–Kier alpha value is -2.21. The second-order valence-corrected chi connectivity index (χ2v) is 4.29. The Morgan fingerprint density at radius 3 is 1.67 bits per heavy atom. The molecule has 0 heterocycles. The standard InChI is InChI=1S/C15H13F3O3/c1-20-12-6-2-10(3-7-12)14(19)11-4-8-13(9-5-11)21-15(16,17)18/h2-9,14,19H,1H3. The summed E-state index contributed by atoms with van der Waals surface area (Å²) in [5, 5.41) is 10.2. The quantitative estimate of drug-likeness (QED) is 0.936. The van der Waals surface area contributed by atoms with Crippen molar-refractivity contribution >= 4 is 0 Å². The number of hydrogen-bond donors (Lipinski definition) is 1. The van der Waals surface area contributed by atoms with E-state index in [0.29, 0.717) is 16.9 Å². The molecule has 0 amide bonds. The second-order valence-electron chi connectivity index (χ2n) is 4.29. The lowest BCUT2D eigenvalue weighted by molar-refractivity contribution is -0.274. The van der Waals surface area contributed by atoms with E-state index in [4.69, 9.17) is 4.74 Å². The molecule has 2 aromatic carbocycles. The Morgan fingerprint density at radius 1 is 0.857 bits per heavy atom. The van der Waals surface area contributed by atoms with Crippen LogP contribution >= 0.6 is 0 Å². The van der Waals surface area contributed by atoms with E-state index in [0.717, 1.165) is 12.1 Å². The Morgan fingerprint density at radius 2 is 1.29 bits per heavy atom. The molecule has 112 valence electrons. The Balaban J connectivity index is 2.13. The molecule has 0 aliphatic carbocycles.